The van der Waals surface area contributed by atoms with Crippen LogP contribution in [-0.4, -0.2) is 35.8 Å². The fourth-order valence-electron chi connectivity index (χ4n) is 3.99. The highest BCUT2D eigenvalue weighted by Gasteiger charge is 2.24. The van der Waals surface area contributed by atoms with Gasteiger partial charge in [0.2, 0.25) is 0 Å². The van der Waals surface area contributed by atoms with Crippen LogP contribution in [-0.2, 0) is 4.74 Å². The van der Waals surface area contributed by atoms with Crippen LogP contribution in [0.1, 0.15) is 49.7 Å². The van der Waals surface area contributed by atoms with Gasteiger partial charge in [0.15, 0.2) is 0 Å². The minimum absolute atomic E-state index is 0.498. The van der Waals surface area contributed by atoms with Gasteiger partial charge in [-0.3, -0.25) is 0 Å². The zero-order valence-corrected chi connectivity index (χ0v) is 15.7. The largest absolute Gasteiger partial charge is 0.381 e. The average molecular weight is 363 g/mol. The molecular formula is C21H25N5O. The van der Waals surface area contributed by atoms with E-state index in [1.54, 1.807) is 18.3 Å². The van der Waals surface area contributed by atoms with Crippen molar-refractivity contribution in [3.8, 4) is 6.07 Å². The number of rotatable bonds is 4. The highest BCUT2D eigenvalue weighted by Crippen LogP contribution is 2.33. The van der Waals surface area contributed by atoms with E-state index < -0.39 is 0 Å². The predicted molar refractivity (Wildman–Crippen MR) is 105 cm³/mol. The Labute approximate surface area is 160 Å². The number of nitrogens with one attached hydrogen (secondary N) is 1. The predicted octanol–water partition coefficient (Wildman–Crippen LogP) is 3.97. The first-order valence-electron chi connectivity index (χ1n) is 9.72. The topological polar surface area (TPSA) is 74.1 Å². The maximum absolute atomic E-state index is 9.12. The van der Waals surface area contributed by atoms with Gasteiger partial charge in [-0.2, -0.15) is 5.26 Å². The monoisotopic (exact) mass is 363 g/mol. The zero-order valence-electron chi connectivity index (χ0n) is 15.7. The molecule has 6 heteroatoms. The van der Waals surface area contributed by atoms with E-state index in [2.05, 4.69) is 40.3 Å². The van der Waals surface area contributed by atoms with Gasteiger partial charge in [0.1, 0.15) is 17.5 Å². The Morgan fingerprint density at radius 3 is 2.78 bits per heavy atom. The fourth-order valence-corrected chi connectivity index (χ4v) is 3.99. The van der Waals surface area contributed by atoms with Crippen molar-refractivity contribution in [2.45, 2.75) is 44.6 Å². The molecule has 140 valence electrons. The number of pyridine rings is 2. The van der Waals surface area contributed by atoms with E-state index in [-0.39, 0.29) is 0 Å². The Balaban J connectivity index is 1.67. The lowest BCUT2D eigenvalue weighted by atomic mass is 9.92. The first-order valence-corrected chi connectivity index (χ1v) is 9.72. The zero-order chi connectivity index (χ0) is 18.6. The van der Waals surface area contributed by atoms with Crippen molar-refractivity contribution in [3.63, 3.8) is 0 Å². The van der Waals surface area contributed by atoms with Crippen LogP contribution in [0.2, 0.25) is 0 Å². The molecule has 0 radical (unpaired) electrons. The molecule has 0 spiro atoms. The third kappa shape index (κ3) is 4.04. The van der Waals surface area contributed by atoms with Crippen LogP contribution in [0.3, 0.4) is 0 Å². The number of hydrogen-bond donors (Lipinski definition) is 1. The number of nitrogens with zero attached hydrogens (tertiary/aromatic N) is 4. The van der Waals surface area contributed by atoms with Crippen LogP contribution in [0.4, 0.5) is 17.5 Å². The van der Waals surface area contributed by atoms with Gasteiger partial charge in [-0.15, -0.1) is 0 Å². The Bertz CT molecular complexity index is 841. The molecule has 2 aliphatic rings. The highest BCUT2D eigenvalue weighted by molar-refractivity contribution is 5.59. The van der Waals surface area contributed by atoms with Crippen molar-refractivity contribution in [2.24, 2.45) is 0 Å². The molecular weight excluding hydrogens is 338 g/mol. The van der Waals surface area contributed by atoms with E-state index in [1.165, 1.54) is 18.4 Å². The number of ether oxygens (including phenoxy) is 1. The molecule has 1 N–H and O–H groups in total. The Kier molecular flexibility index (Phi) is 5.21. The third-order valence-electron chi connectivity index (χ3n) is 5.52. The fraction of sp³-hybridized carbons (Fsp3) is 0.476. The molecule has 0 saturated carbocycles. The third-order valence-corrected chi connectivity index (χ3v) is 5.52. The molecule has 2 aliphatic heterocycles. The SMILES string of the molecule is CC1CCCN1c1cc(C2CCOCC2)cc(Nc2cc(C#N)ccn2)n1. The Morgan fingerprint density at radius 1 is 1.19 bits per heavy atom. The van der Waals surface area contributed by atoms with E-state index >= 15 is 0 Å². The second-order valence-electron chi connectivity index (χ2n) is 7.38. The summed E-state index contributed by atoms with van der Waals surface area (Å²) in [5.41, 5.74) is 1.89. The lowest BCUT2D eigenvalue weighted by molar-refractivity contribution is 0.0853. The van der Waals surface area contributed by atoms with E-state index in [1.807, 2.05) is 0 Å². The molecule has 27 heavy (non-hydrogen) atoms. The maximum Gasteiger partial charge on any atom is 0.134 e. The molecule has 4 rings (SSSR count). The number of aromatic nitrogens is 2. The molecule has 0 amide bonds. The van der Waals surface area contributed by atoms with Gasteiger partial charge in [0.25, 0.3) is 0 Å². The summed E-state index contributed by atoms with van der Waals surface area (Å²) in [4.78, 5) is 11.6. The summed E-state index contributed by atoms with van der Waals surface area (Å²) >= 11 is 0. The molecule has 2 saturated heterocycles. The smallest absolute Gasteiger partial charge is 0.134 e. The van der Waals surface area contributed by atoms with Crippen molar-refractivity contribution < 1.29 is 4.74 Å². The lowest BCUT2D eigenvalue weighted by Crippen LogP contribution is -2.27. The van der Waals surface area contributed by atoms with Crippen molar-refractivity contribution >= 4 is 17.5 Å². The van der Waals surface area contributed by atoms with E-state index in [0.29, 0.717) is 23.3 Å². The number of hydrogen-bond acceptors (Lipinski definition) is 6. The van der Waals surface area contributed by atoms with Gasteiger partial charge in [0.05, 0.1) is 11.6 Å². The van der Waals surface area contributed by atoms with Crippen LogP contribution in [0.5, 0.6) is 0 Å². The molecule has 1 unspecified atom stereocenters. The molecule has 0 aliphatic carbocycles. The number of anilines is 3. The number of nitriles is 1. The van der Waals surface area contributed by atoms with E-state index in [9.17, 15) is 0 Å². The van der Waals surface area contributed by atoms with Gasteiger partial charge in [0, 0.05) is 32.0 Å². The summed E-state index contributed by atoms with van der Waals surface area (Å²) < 4.78 is 5.54. The molecule has 6 nitrogen and oxygen atoms in total. The summed E-state index contributed by atoms with van der Waals surface area (Å²) in [6, 6.07) is 10.5. The molecule has 2 aromatic heterocycles. The van der Waals surface area contributed by atoms with Crippen molar-refractivity contribution in [3.05, 3.63) is 41.6 Å². The highest BCUT2D eigenvalue weighted by atomic mass is 16.5. The van der Waals surface area contributed by atoms with Gasteiger partial charge >= 0.3 is 0 Å². The van der Waals surface area contributed by atoms with Crippen LogP contribution in [0.25, 0.3) is 0 Å². The summed E-state index contributed by atoms with van der Waals surface area (Å²) in [5, 5.41) is 12.4. The summed E-state index contributed by atoms with van der Waals surface area (Å²) in [6.45, 7) is 4.95. The normalized spacial score (nSPS) is 20.4. The van der Waals surface area contributed by atoms with E-state index in [4.69, 9.17) is 15.0 Å². The minimum Gasteiger partial charge on any atom is -0.381 e. The maximum atomic E-state index is 9.12. The van der Waals surface area contributed by atoms with Crippen LogP contribution >= 0.6 is 0 Å². The van der Waals surface area contributed by atoms with Crippen LogP contribution in [0.15, 0.2) is 30.5 Å². The van der Waals surface area contributed by atoms with Crippen molar-refractivity contribution in [1.29, 1.82) is 5.26 Å². The molecule has 1 atom stereocenters. The van der Waals surface area contributed by atoms with Crippen LogP contribution < -0.4 is 10.2 Å². The standard InChI is InChI=1S/C21H25N5O/c1-15-3-2-8-26(15)21-13-18(17-5-9-27-10-6-17)12-20(25-21)24-19-11-16(14-22)4-7-23-19/h4,7,11-13,15,17H,2-3,5-6,8-10H2,1H3,(H,23,24,25). The van der Waals surface area contributed by atoms with E-state index in [0.717, 1.165) is 44.2 Å². The quantitative estimate of drug-likeness (QED) is 0.886. The van der Waals surface area contributed by atoms with Gasteiger partial charge in [-0.25, -0.2) is 9.97 Å². The Hall–Kier alpha value is -2.65. The molecule has 2 aromatic rings. The second-order valence-corrected chi connectivity index (χ2v) is 7.38. The second kappa shape index (κ2) is 7.93. The molecule has 2 fully saturated rings. The lowest BCUT2D eigenvalue weighted by Gasteiger charge is -2.27. The first-order chi connectivity index (χ1) is 13.2. The van der Waals surface area contributed by atoms with Gasteiger partial charge in [-0.05, 0) is 68.4 Å². The summed E-state index contributed by atoms with van der Waals surface area (Å²) in [5.74, 6) is 2.96. The van der Waals surface area contributed by atoms with Gasteiger partial charge in [-0.1, -0.05) is 0 Å². The molecule has 0 bridgehead atoms. The first kappa shape index (κ1) is 17.7. The van der Waals surface area contributed by atoms with Crippen LogP contribution in [0, 0.1) is 11.3 Å². The van der Waals surface area contributed by atoms with Crippen molar-refractivity contribution in [2.75, 3.05) is 30.0 Å². The Morgan fingerprint density at radius 2 is 2.04 bits per heavy atom. The summed E-state index contributed by atoms with van der Waals surface area (Å²) in [7, 11) is 0. The minimum atomic E-state index is 0.498. The van der Waals surface area contributed by atoms with Gasteiger partial charge < -0.3 is 15.0 Å². The average Bonchev–Trinajstić information content (AvgIpc) is 3.14. The van der Waals surface area contributed by atoms with Crippen molar-refractivity contribution in [1.82, 2.24) is 9.97 Å². The molecule has 4 heterocycles. The molecule has 0 aromatic carbocycles. The summed E-state index contributed by atoms with van der Waals surface area (Å²) in [6.07, 6.45) is 6.14.